The number of nitrogens with zero attached hydrogens (tertiary/aromatic N) is 3. The summed E-state index contributed by atoms with van der Waals surface area (Å²) in [7, 11) is 0. The SMILES string of the molecule is c1ccc(-n2c3ccccc3c3cc4c(cc32)Oc2c3c(cc5c2c2ccccc2n5-c2ccccc2)Oc2c(ccc5c2c2ccccc2n5-c2ccccc2)B43)cc1. The van der Waals surface area contributed by atoms with Gasteiger partial charge in [0, 0.05) is 56.2 Å². The van der Waals surface area contributed by atoms with Gasteiger partial charge in [-0.25, -0.2) is 0 Å². The molecule has 0 bridgehead atoms. The van der Waals surface area contributed by atoms with E-state index in [9.17, 15) is 0 Å². The molecule has 0 fully saturated rings. The molecule has 0 radical (unpaired) electrons. The first-order valence-electron chi connectivity index (χ1n) is 20.6. The first kappa shape index (κ1) is 32.1. The average molecular weight is 766 g/mol. The van der Waals surface area contributed by atoms with Crippen LogP contribution in [-0.2, 0) is 0 Å². The maximum absolute atomic E-state index is 7.41. The number of rotatable bonds is 3. The van der Waals surface area contributed by atoms with Gasteiger partial charge in [-0.3, -0.25) is 0 Å². The van der Waals surface area contributed by atoms with Crippen molar-refractivity contribution in [2.24, 2.45) is 0 Å². The summed E-state index contributed by atoms with van der Waals surface area (Å²) >= 11 is 0. The first-order chi connectivity index (χ1) is 29.8. The van der Waals surface area contributed by atoms with Crippen LogP contribution in [0, 0.1) is 0 Å². The van der Waals surface area contributed by atoms with E-state index in [0.29, 0.717) is 0 Å². The van der Waals surface area contributed by atoms with Crippen molar-refractivity contribution in [3.8, 4) is 40.1 Å². The normalized spacial score (nSPS) is 12.9. The van der Waals surface area contributed by atoms with Crippen LogP contribution in [-0.4, -0.2) is 20.4 Å². The maximum Gasteiger partial charge on any atom is 0.260 e. The molecule has 0 unspecified atom stereocenters. The van der Waals surface area contributed by atoms with Gasteiger partial charge >= 0.3 is 0 Å². The smallest absolute Gasteiger partial charge is 0.260 e. The topological polar surface area (TPSA) is 33.2 Å². The van der Waals surface area contributed by atoms with Crippen molar-refractivity contribution in [2.75, 3.05) is 0 Å². The molecule has 12 aromatic rings. The van der Waals surface area contributed by atoms with Crippen molar-refractivity contribution in [1.82, 2.24) is 13.7 Å². The zero-order chi connectivity index (χ0) is 39.1. The minimum atomic E-state index is -0.155. The van der Waals surface area contributed by atoms with Crippen LogP contribution >= 0.6 is 0 Å². The lowest BCUT2D eigenvalue weighted by atomic mass is 9.34. The highest BCUT2D eigenvalue weighted by Crippen LogP contribution is 2.48. The Morgan fingerprint density at radius 2 is 0.783 bits per heavy atom. The molecule has 0 aliphatic carbocycles. The third-order valence-electron chi connectivity index (χ3n) is 12.9. The van der Waals surface area contributed by atoms with Gasteiger partial charge < -0.3 is 23.2 Å². The van der Waals surface area contributed by atoms with E-state index in [0.717, 1.165) is 111 Å². The summed E-state index contributed by atoms with van der Waals surface area (Å²) in [4.78, 5) is 0. The van der Waals surface area contributed by atoms with Crippen molar-refractivity contribution in [2.45, 2.75) is 0 Å². The highest BCUT2D eigenvalue weighted by molar-refractivity contribution is 6.98. The molecular weight excluding hydrogens is 733 g/mol. The molecule has 6 heteroatoms. The molecule has 0 saturated carbocycles. The summed E-state index contributed by atoms with van der Waals surface area (Å²) in [5.74, 6) is 3.42. The molecule has 0 saturated heterocycles. The van der Waals surface area contributed by atoms with Crippen molar-refractivity contribution in [1.29, 1.82) is 0 Å². The Balaban J connectivity index is 1.14. The van der Waals surface area contributed by atoms with Crippen LogP contribution in [0.2, 0.25) is 0 Å². The Kier molecular flexibility index (Phi) is 6.31. The van der Waals surface area contributed by atoms with Gasteiger partial charge in [0.1, 0.15) is 23.0 Å². The third kappa shape index (κ3) is 4.16. The second-order valence-corrected chi connectivity index (χ2v) is 16.0. The summed E-state index contributed by atoms with van der Waals surface area (Å²) < 4.78 is 21.9. The molecule has 278 valence electrons. The van der Waals surface area contributed by atoms with Crippen LogP contribution in [0.3, 0.4) is 0 Å². The molecule has 0 amide bonds. The molecule has 5 nitrogen and oxygen atoms in total. The van der Waals surface area contributed by atoms with Gasteiger partial charge in [0.05, 0.1) is 43.9 Å². The Morgan fingerprint density at radius 1 is 0.317 bits per heavy atom. The number of aromatic nitrogens is 3. The Hall–Kier alpha value is -7.96. The highest BCUT2D eigenvalue weighted by atomic mass is 16.5. The molecule has 0 atom stereocenters. The van der Waals surface area contributed by atoms with E-state index < -0.39 is 0 Å². The van der Waals surface area contributed by atoms with Gasteiger partial charge in [-0.05, 0) is 71.6 Å². The van der Waals surface area contributed by atoms with Gasteiger partial charge in [0.15, 0.2) is 0 Å². The quantitative estimate of drug-likeness (QED) is 0.168. The highest BCUT2D eigenvalue weighted by Gasteiger charge is 2.43. The summed E-state index contributed by atoms with van der Waals surface area (Å²) in [6.45, 7) is -0.155. The maximum atomic E-state index is 7.41. The summed E-state index contributed by atoms with van der Waals surface area (Å²) in [5.41, 5.74) is 13.3. The first-order valence-corrected chi connectivity index (χ1v) is 20.6. The summed E-state index contributed by atoms with van der Waals surface area (Å²) in [6, 6.07) is 69.6. The van der Waals surface area contributed by atoms with E-state index in [1.165, 1.54) is 10.8 Å². The van der Waals surface area contributed by atoms with E-state index in [2.05, 4.69) is 208 Å². The van der Waals surface area contributed by atoms with Gasteiger partial charge in [0.25, 0.3) is 6.71 Å². The lowest BCUT2D eigenvalue weighted by Crippen LogP contribution is -2.57. The lowest BCUT2D eigenvalue weighted by Gasteiger charge is -2.34. The van der Waals surface area contributed by atoms with Crippen LogP contribution in [0.25, 0.3) is 82.5 Å². The van der Waals surface area contributed by atoms with Crippen molar-refractivity contribution >= 4 is 88.5 Å². The molecule has 14 rings (SSSR count). The van der Waals surface area contributed by atoms with Crippen LogP contribution in [0.4, 0.5) is 0 Å². The Labute approximate surface area is 344 Å². The lowest BCUT2D eigenvalue weighted by molar-refractivity contribution is 0.472. The van der Waals surface area contributed by atoms with Gasteiger partial charge in [-0.15, -0.1) is 0 Å². The monoisotopic (exact) mass is 765 g/mol. The molecule has 0 N–H and O–H groups in total. The fourth-order valence-corrected chi connectivity index (χ4v) is 10.5. The Morgan fingerprint density at radius 3 is 1.40 bits per heavy atom. The Bertz CT molecular complexity index is 3770. The van der Waals surface area contributed by atoms with Gasteiger partial charge in [-0.2, -0.15) is 0 Å². The molecular formula is C54H32BN3O2. The molecule has 2 aliphatic rings. The number of fused-ring (bicyclic) bond motifs is 15. The fourth-order valence-electron chi connectivity index (χ4n) is 10.5. The summed E-state index contributed by atoms with van der Waals surface area (Å²) in [5, 5.41) is 6.89. The largest absolute Gasteiger partial charge is 0.457 e. The molecule has 2 aliphatic heterocycles. The van der Waals surface area contributed by atoms with Crippen molar-refractivity contribution in [3.63, 3.8) is 0 Å². The number of hydrogen-bond donors (Lipinski definition) is 0. The predicted octanol–water partition coefficient (Wildman–Crippen LogP) is 11.7. The average Bonchev–Trinajstić information content (AvgIpc) is 3.94. The molecule has 5 heterocycles. The van der Waals surface area contributed by atoms with Crippen LogP contribution < -0.4 is 25.9 Å². The van der Waals surface area contributed by atoms with Gasteiger partial charge in [-0.1, -0.05) is 121 Å². The van der Waals surface area contributed by atoms with E-state index in [-0.39, 0.29) is 6.71 Å². The minimum Gasteiger partial charge on any atom is -0.457 e. The second-order valence-electron chi connectivity index (χ2n) is 16.0. The molecule has 9 aromatic carbocycles. The number of ether oxygens (including phenoxy) is 2. The zero-order valence-electron chi connectivity index (χ0n) is 32.2. The third-order valence-corrected chi connectivity index (χ3v) is 12.9. The standard InChI is InChI=1S/C54H32BN3O2/c1-4-16-33(17-5-1)56-43-26-14-11-23-37(43)50-45(56)29-28-40-53(50)60-49-32-47-51(38-24-12-15-27-44(38)58(47)35-20-8-3-9-21-35)54-52(49)55(40)41-30-39-36-22-10-13-25-42(36)57(34-18-6-2-7-19-34)46(39)31-48(41)59-54/h1-32H. The van der Waals surface area contributed by atoms with Crippen LogP contribution in [0.15, 0.2) is 194 Å². The minimum absolute atomic E-state index is 0.155. The number of hydrogen-bond acceptors (Lipinski definition) is 2. The van der Waals surface area contributed by atoms with Crippen molar-refractivity contribution in [3.05, 3.63) is 194 Å². The molecule has 60 heavy (non-hydrogen) atoms. The fraction of sp³-hybridized carbons (Fsp3) is 0. The zero-order valence-corrected chi connectivity index (χ0v) is 32.2. The predicted molar refractivity (Wildman–Crippen MR) is 247 cm³/mol. The number of para-hydroxylation sites is 6. The van der Waals surface area contributed by atoms with Crippen molar-refractivity contribution < 1.29 is 9.47 Å². The van der Waals surface area contributed by atoms with Gasteiger partial charge in [0.2, 0.25) is 0 Å². The van der Waals surface area contributed by atoms with E-state index in [4.69, 9.17) is 9.47 Å². The summed E-state index contributed by atoms with van der Waals surface area (Å²) in [6.07, 6.45) is 0. The molecule has 3 aromatic heterocycles. The van der Waals surface area contributed by atoms with Crippen LogP contribution in [0.1, 0.15) is 0 Å². The molecule has 0 spiro atoms. The van der Waals surface area contributed by atoms with E-state index >= 15 is 0 Å². The number of benzene rings is 9. The van der Waals surface area contributed by atoms with Crippen LogP contribution in [0.5, 0.6) is 23.0 Å². The van der Waals surface area contributed by atoms with E-state index in [1.807, 2.05) is 0 Å². The second kappa shape index (κ2) is 11.8. The van der Waals surface area contributed by atoms with E-state index in [1.54, 1.807) is 0 Å².